The third kappa shape index (κ3) is 53.2. The van der Waals surface area contributed by atoms with Gasteiger partial charge in [0.15, 0.2) is 6.29 Å². The predicted octanol–water partition coefficient (Wildman–Crippen LogP) is 20.3. The lowest BCUT2D eigenvalue weighted by molar-refractivity contribution is -0.302. The normalized spacial score (nSPS) is 18.5. The summed E-state index contributed by atoms with van der Waals surface area (Å²) in [5.74, 6) is -0.183. The average Bonchev–Trinajstić information content (AvgIpc) is 3.54. The quantitative estimate of drug-likeness (QED) is 0.0261. The Morgan fingerprint density at radius 1 is 0.412 bits per heavy atom. The van der Waals surface area contributed by atoms with E-state index in [-0.39, 0.29) is 12.5 Å². The van der Waals surface area contributed by atoms with Crippen molar-refractivity contribution in [3.05, 3.63) is 72.9 Å². The monoisotopic (exact) mass is 1190 g/mol. The molecule has 0 aromatic carbocycles. The third-order valence-electron chi connectivity index (χ3n) is 17.3. The number of rotatable bonds is 64. The van der Waals surface area contributed by atoms with Crippen molar-refractivity contribution < 1.29 is 39.8 Å². The molecule has 496 valence electrons. The van der Waals surface area contributed by atoms with Gasteiger partial charge < -0.3 is 40.3 Å². The van der Waals surface area contributed by atoms with Gasteiger partial charge in [0.25, 0.3) is 0 Å². The highest BCUT2D eigenvalue weighted by atomic mass is 16.7. The predicted molar refractivity (Wildman–Crippen MR) is 364 cm³/mol. The Kier molecular flexibility index (Phi) is 61.3. The van der Waals surface area contributed by atoms with E-state index in [1.54, 1.807) is 6.08 Å². The first kappa shape index (κ1) is 80.6. The van der Waals surface area contributed by atoms with E-state index in [1.807, 2.05) is 6.08 Å². The molecule has 9 nitrogen and oxygen atoms in total. The third-order valence-corrected chi connectivity index (χ3v) is 17.3. The molecule has 1 aliphatic rings. The van der Waals surface area contributed by atoms with E-state index in [1.165, 1.54) is 263 Å². The minimum atomic E-state index is -1.58. The van der Waals surface area contributed by atoms with Crippen LogP contribution < -0.4 is 5.32 Å². The van der Waals surface area contributed by atoms with Crippen LogP contribution in [0.25, 0.3) is 0 Å². The van der Waals surface area contributed by atoms with E-state index in [2.05, 4.69) is 79.9 Å². The maximum absolute atomic E-state index is 13.1. The van der Waals surface area contributed by atoms with Gasteiger partial charge in [0.1, 0.15) is 24.4 Å². The van der Waals surface area contributed by atoms with E-state index in [0.717, 1.165) is 64.2 Å². The minimum absolute atomic E-state index is 0.183. The Morgan fingerprint density at radius 2 is 0.741 bits per heavy atom. The molecule has 0 aliphatic carbocycles. The topological polar surface area (TPSA) is 149 Å². The molecule has 1 fully saturated rings. The Hall–Kier alpha value is -2.37. The fraction of sp³-hybridized carbons (Fsp3) is 0.829. The number of carbonyl (C=O) groups excluding carboxylic acids is 1. The van der Waals surface area contributed by atoms with E-state index >= 15 is 0 Å². The molecule has 0 spiro atoms. The van der Waals surface area contributed by atoms with E-state index in [0.29, 0.717) is 6.42 Å². The Morgan fingerprint density at radius 3 is 1.13 bits per heavy atom. The van der Waals surface area contributed by atoms with Crippen LogP contribution in [-0.2, 0) is 14.3 Å². The summed E-state index contributed by atoms with van der Waals surface area (Å²) in [5.41, 5.74) is 0. The van der Waals surface area contributed by atoms with Crippen LogP contribution in [0.3, 0.4) is 0 Å². The van der Waals surface area contributed by atoms with Crippen molar-refractivity contribution in [2.24, 2.45) is 0 Å². The molecule has 1 amide bonds. The second-order valence-electron chi connectivity index (χ2n) is 25.3. The Labute approximate surface area is 525 Å². The van der Waals surface area contributed by atoms with E-state index in [4.69, 9.17) is 9.47 Å². The average molecular weight is 1190 g/mol. The zero-order valence-electron chi connectivity index (χ0n) is 55.6. The number of allylic oxidation sites excluding steroid dienone is 11. The summed E-state index contributed by atoms with van der Waals surface area (Å²) in [5, 5.41) is 54.8. The second-order valence-corrected chi connectivity index (χ2v) is 25.3. The van der Waals surface area contributed by atoms with Crippen molar-refractivity contribution in [2.75, 3.05) is 13.2 Å². The van der Waals surface area contributed by atoms with Crippen molar-refractivity contribution in [3.8, 4) is 0 Å². The summed E-state index contributed by atoms with van der Waals surface area (Å²) < 4.78 is 11.3. The Bertz CT molecular complexity index is 1570. The largest absolute Gasteiger partial charge is 0.394 e. The molecule has 0 radical (unpaired) electrons. The summed E-state index contributed by atoms with van der Waals surface area (Å²) in [6.07, 6.45) is 84.6. The van der Waals surface area contributed by atoms with Gasteiger partial charge in [0.05, 0.1) is 25.4 Å². The molecule has 0 bridgehead atoms. The molecule has 85 heavy (non-hydrogen) atoms. The number of unbranched alkanes of at least 4 members (excludes halogenated alkanes) is 44. The molecule has 1 heterocycles. The standard InChI is InChI=1S/C76H139NO8/c1-3-5-7-9-11-13-15-17-19-21-23-25-27-29-31-33-35-37-39-41-43-45-47-49-51-53-55-57-59-61-63-65-70(79)69(68-84-76-75(83)74(82)73(81)71(67-78)85-76)77-72(80)66-64-62-60-58-56-54-52-50-48-46-44-42-40-38-36-34-32-30-28-26-24-22-20-18-16-14-12-10-8-6-4-2/h6,8,12,14,18,20,24,26,55,57,63,65,69-71,73-76,78-79,81-83H,3-5,7,9-11,13,15-17,19,21-23,25,27-54,56,58-62,64,66-68H2,1-2H3,(H,77,80)/b8-6-,14-12-,20-18-,26-24-,57-55+,65-63+. The van der Waals surface area contributed by atoms with Crippen molar-refractivity contribution >= 4 is 5.91 Å². The molecule has 1 saturated heterocycles. The number of aliphatic hydroxyl groups excluding tert-OH is 5. The molecule has 1 rings (SSSR count). The van der Waals surface area contributed by atoms with Gasteiger partial charge >= 0.3 is 0 Å². The molecule has 7 atom stereocenters. The zero-order valence-corrected chi connectivity index (χ0v) is 55.6. The summed E-state index contributed by atoms with van der Waals surface area (Å²) in [4.78, 5) is 13.1. The second kappa shape index (κ2) is 64.6. The van der Waals surface area contributed by atoms with Gasteiger partial charge in [-0.3, -0.25) is 4.79 Å². The SMILES string of the molecule is CC/C=C\C/C=C\C/C=C\C/C=C\CCCCCCCCCCCCCCCCCCCCC(=O)NC(COC1OC(CO)C(O)C(O)C1O)C(O)/C=C/CC/C=C/CCCCCCCCCCCCCCCCCCCCCCCCCCC. The van der Waals surface area contributed by atoms with Gasteiger partial charge in [-0.1, -0.05) is 344 Å². The summed E-state index contributed by atoms with van der Waals surface area (Å²) in [7, 11) is 0. The number of ether oxygens (including phenoxy) is 2. The highest BCUT2D eigenvalue weighted by molar-refractivity contribution is 5.76. The lowest BCUT2D eigenvalue weighted by Gasteiger charge is -2.40. The lowest BCUT2D eigenvalue weighted by atomic mass is 9.99. The van der Waals surface area contributed by atoms with E-state index in [9.17, 15) is 30.3 Å². The van der Waals surface area contributed by atoms with Gasteiger partial charge in [0, 0.05) is 6.42 Å². The number of hydrogen-bond acceptors (Lipinski definition) is 8. The fourth-order valence-electron chi connectivity index (χ4n) is 11.6. The summed E-state index contributed by atoms with van der Waals surface area (Å²) in [6, 6.07) is -0.826. The van der Waals surface area contributed by atoms with Crippen molar-refractivity contribution in [3.63, 3.8) is 0 Å². The van der Waals surface area contributed by atoms with Gasteiger partial charge in [-0.2, -0.15) is 0 Å². The first-order valence-corrected chi connectivity index (χ1v) is 36.7. The number of nitrogens with one attached hydrogen (secondary N) is 1. The summed E-state index contributed by atoms with van der Waals surface area (Å²) >= 11 is 0. The van der Waals surface area contributed by atoms with Crippen LogP contribution in [0.15, 0.2) is 72.9 Å². The van der Waals surface area contributed by atoms with Crippen LogP contribution >= 0.6 is 0 Å². The zero-order chi connectivity index (χ0) is 61.4. The van der Waals surface area contributed by atoms with Gasteiger partial charge in [-0.05, 0) is 70.6 Å². The molecule has 9 heteroatoms. The van der Waals surface area contributed by atoms with Crippen molar-refractivity contribution in [1.29, 1.82) is 0 Å². The minimum Gasteiger partial charge on any atom is -0.394 e. The number of aliphatic hydroxyl groups is 5. The number of hydrogen-bond donors (Lipinski definition) is 6. The van der Waals surface area contributed by atoms with Crippen LogP contribution in [0.2, 0.25) is 0 Å². The highest BCUT2D eigenvalue weighted by Gasteiger charge is 2.44. The van der Waals surface area contributed by atoms with Crippen LogP contribution in [0.5, 0.6) is 0 Å². The van der Waals surface area contributed by atoms with E-state index < -0.39 is 49.5 Å². The van der Waals surface area contributed by atoms with Crippen molar-refractivity contribution in [2.45, 2.75) is 391 Å². The Balaban J connectivity index is 2.13. The number of carbonyl (C=O) groups is 1. The van der Waals surface area contributed by atoms with Crippen LogP contribution in [0.1, 0.15) is 348 Å². The van der Waals surface area contributed by atoms with Gasteiger partial charge in [-0.15, -0.1) is 0 Å². The maximum Gasteiger partial charge on any atom is 0.220 e. The molecule has 0 saturated carbocycles. The molecule has 1 aliphatic heterocycles. The van der Waals surface area contributed by atoms with Crippen LogP contribution in [-0.4, -0.2) is 87.5 Å². The highest BCUT2D eigenvalue weighted by Crippen LogP contribution is 2.23. The van der Waals surface area contributed by atoms with Crippen LogP contribution in [0, 0.1) is 0 Å². The first-order chi connectivity index (χ1) is 41.8. The molecular weight excluding hydrogens is 1050 g/mol. The molecule has 0 aromatic rings. The molecule has 0 aromatic heterocycles. The molecular formula is C76H139NO8. The lowest BCUT2D eigenvalue weighted by Crippen LogP contribution is -2.60. The van der Waals surface area contributed by atoms with Crippen molar-refractivity contribution in [1.82, 2.24) is 5.32 Å². The summed E-state index contributed by atoms with van der Waals surface area (Å²) in [6.45, 7) is 3.70. The van der Waals surface area contributed by atoms with Gasteiger partial charge in [0.2, 0.25) is 5.91 Å². The molecule has 7 unspecified atom stereocenters. The van der Waals surface area contributed by atoms with Crippen LogP contribution in [0.4, 0.5) is 0 Å². The smallest absolute Gasteiger partial charge is 0.220 e. The fourth-order valence-corrected chi connectivity index (χ4v) is 11.6. The maximum atomic E-state index is 13.1. The van der Waals surface area contributed by atoms with Gasteiger partial charge in [-0.25, -0.2) is 0 Å². The molecule has 6 N–H and O–H groups in total. The number of amides is 1. The first-order valence-electron chi connectivity index (χ1n) is 36.7.